The van der Waals surface area contributed by atoms with Crippen LogP contribution in [0.25, 0.3) is 10.2 Å². The molecule has 0 amide bonds. The maximum absolute atomic E-state index is 4.83. The van der Waals surface area contributed by atoms with Crippen LogP contribution in [0.1, 0.15) is 27.9 Å². The fraction of sp³-hybridized carbons (Fsp3) is 0.280. The molecule has 5 rings (SSSR count). The van der Waals surface area contributed by atoms with Gasteiger partial charge in [-0.25, -0.2) is 9.97 Å². The third-order valence-electron chi connectivity index (χ3n) is 5.82. The van der Waals surface area contributed by atoms with Gasteiger partial charge >= 0.3 is 0 Å². The molecule has 4 nitrogen and oxygen atoms in total. The Morgan fingerprint density at radius 3 is 2.00 bits per heavy atom. The van der Waals surface area contributed by atoms with Gasteiger partial charge in [-0.15, -0.1) is 11.3 Å². The standard InChI is InChI=1S/C25H26N4S/c1-18-17-22-24(26-19(2)27-25(22)30-18)29-15-13-28(14-16-29)23(20-9-5-3-6-10-20)21-11-7-4-8-12-21/h3-12,17,23H,13-16H2,1-2H3. The number of piperazine rings is 1. The Labute approximate surface area is 181 Å². The lowest BCUT2D eigenvalue weighted by Crippen LogP contribution is -2.48. The molecule has 0 unspecified atom stereocenters. The highest BCUT2D eigenvalue weighted by Crippen LogP contribution is 2.33. The van der Waals surface area contributed by atoms with Crippen LogP contribution in [0.5, 0.6) is 0 Å². The van der Waals surface area contributed by atoms with Crippen molar-refractivity contribution in [3.63, 3.8) is 0 Å². The molecule has 152 valence electrons. The average molecular weight is 415 g/mol. The maximum Gasteiger partial charge on any atom is 0.141 e. The summed E-state index contributed by atoms with van der Waals surface area (Å²) in [6.45, 7) is 8.08. The zero-order chi connectivity index (χ0) is 20.5. The molecule has 0 saturated carbocycles. The predicted octanol–water partition coefficient (Wildman–Crippen LogP) is 5.22. The van der Waals surface area contributed by atoms with Crippen LogP contribution in [0.3, 0.4) is 0 Å². The number of hydrogen-bond acceptors (Lipinski definition) is 5. The van der Waals surface area contributed by atoms with Gasteiger partial charge in [0.2, 0.25) is 0 Å². The zero-order valence-electron chi connectivity index (χ0n) is 17.5. The van der Waals surface area contributed by atoms with Crippen LogP contribution in [0.15, 0.2) is 66.7 Å². The average Bonchev–Trinajstić information content (AvgIpc) is 3.15. The summed E-state index contributed by atoms with van der Waals surface area (Å²) in [6, 6.07) is 24.2. The van der Waals surface area contributed by atoms with Crippen molar-refractivity contribution in [1.82, 2.24) is 14.9 Å². The monoisotopic (exact) mass is 414 g/mol. The Kier molecular flexibility index (Phi) is 5.23. The molecule has 2 aromatic heterocycles. The summed E-state index contributed by atoms with van der Waals surface area (Å²) in [5.41, 5.74) is 2.71. The van der Waals surface area contributed by atoms with Crippen molar-refractivity contribution in [1.29, 1.82) is 0 Å². The molecule has 1 aliphatic rings. The smallest absolute Gasteiger partial charge is 0.141 e. The molecule has 1 saturated heterocycles. The van der Waals surface area contributed by atoms with Crippen molar-refractivity contribution >= 4 is 27.4 Å². The van der Waals surface area contributed by atoms with Gasteiger partial charge in [-0.05, 0) is 31.0 Å². The van der Waals surface area contributed by atoms with E-state index >= 15 is 0 Å². The second-order valence-electron chi connectivity index (χ2n) is 7.92. The number of fused-ring (bicyclic) bond motifs is 1. The highest BCUT2D eigenvalue weighted by Gasteiger charge is 2.27. The van der Waals surface area contributed by atoms with E-state index in [1.807, 2.05) is 6.92 Å². The SMILES string of the molecule is Cc1nc(N2CCN(C(c3ccccc3)c3ccccc3)CC2)c2cc(C)sc2n1. The summed E-state index contributed by atoms with van der Waals surface area (Å²) in [5, 5.41) is 1.19. The Morgan fingerprint density at radius 2 is 1.40 bits per heavy atom. The van der Waals surface area contributed by atoms with Crippen LogP contribution in [-0.4, -0.2) is 41.0 Å². The van der Waals surface area contributed by atoms with Gasteiger partial charge in [-0.3, -0.25) is 4.90 Å². The van der Waals surface area contributed by atoms with Crippen LogP contribution >= 0.6 is 11.3 Å². The number of benzene rings is 2. The summed E-state index contributed by atoms with van der Waals surface area (Å²) in [4.78, 5) is 16.9. The van der Waals surface area contributed by atoms with Gasteiger partial charge in [0, 0.05) is 31.1 Å². The zero-order valence-corrected chi connectivity index (χ0v) is 18.3. The molecule has 0 radical (unpaired) electrons. The van der Waals surface area contributed by atoms with E-state index < -0.39 is 0 Å². The number of thiophene rings is 1. The summed E-state index contributed by atoms with van der Waals surface area (Å²) in [5.74, 6) is 1.95. The van der Waals surface area contributed by atoms with E-state index in [9.17, 15) is 0 Å². The molecule has 2 aromatic carbocycles. The molecule has 0 N–H and O–H groups in total. The topological polar surface area (TPSA) is 32.3 Å². The van der Waals surface area contributed by atoms with E-state index in [-0.39, 0.29) is 6.04 Å². The Balaban J connectivity index is 1.42. The summed E-state index contributed by atoms with van der Waals surface area (Å²) < 4.78 is 0. The molecule has 0 spiro atoms. The number of nitrogens with zero attached hydrogens (tertiary/aromatic N) is 4. The third kappa shape index (κ3) is 3.71. The van der Waals surface area contributed by atoms with Crippen LogP contribution < -0.4 is 4.90 Å². The van der Waals surface area contributed by atoms with Crippen LogP contribution in [-0.2, 0) is 0 Å². The first-order valence-corrected chi connectivity index (χ1v) is 11.3. The van der Waals surface area contributed by atoms with Crippen LogP contribution in [0, 0.1) is 13.8 Å². The van der Waals surface area contributed by atoms with Gasteiger partial charge in [0.1, 0.15) is 16.5 Å². The molecule has 0 aliphatic carbocycles. The minimum absolute atomic E-state index is 0.282. The lowest BCUT2D eigenvalue weighted by molar-refractivity contribution is 0.212. The van der Waals surface area contributed by atoms with Crippen molar-refractivity contribution in [3.05, 3.63) is 88.6 Å². The normalized spacial score (nSPS) is 15.2. The van der Waals surface area contributed by atoms with E-state index in [1.54, 1.807) is 11.3 Å². The van der Waals surface area contributed by atoms with E-state index in [0.29, 0.717) is 0 Å². The predicted molar refractivity (Wildman–Crippen MR) is 125 cm³/mol. The number of aryl methyl sites for hydroxylation is 2. The van der Waals surface area contributed by atoms with Gasteiger partial charge in [-0.1, -0.05) is 60.7 Å². The van der Waals surface area contributed by atoms with E-state index in [0.717, 1.165) is 42.7 Å². The highest BCUT2D eigenvalue weighted by molar-refractivity contribution is 7.18. The molecule has 3 heterocycles. The first-order chi connectivity index (χ1) is 14.7. The number of aromatic nitrogens is 2. The molecule has 0 bridgehead atoms. The van der Waals surface area contributed by atoms with Crippen molar-refractivity contribution < 1.29 is 0 Å². The summed E-state index contributed by atoms with van der Waals surface area (Å²) >= 11 is 1.76. The van der Waals surface area contributed by atoms with Crippen molar-refractivity contribution in [2.24, 2.45) is 0 Å². The number of rotatable bonds is 4. The second-order valence-corrected chi connectivity index (χ2v) is 9.15. The minimum atomic E-state index is 0.282. The molecule has 1 aliphatic heterocycles. The first-order valence-electron chi connectivity index (χ1n) is 10.5. The lowest BCUT2D eigenvalue weighted by Gasteiger charge is -2.40. The molecule has 1 fully saturated rings. The Bertz CT molecular complexity index is 1090. The molecule has 5 heteroatoms. The van der Waals surface area contributed by atoms with E-state index in [4.69, 9.17) is 4.98 Å². The maximum atomic E-state index is 4.83. The van der Waals surface area contributed by atoms with Gasteiger partial charge in [0.25, 0.3) is 0 Å². The van der Waals surface area contributed by atoms with E-state index in [2.05, 4.69) is 88.4 Å². The van der Waals surface area contributed by atoms with Gasteiger partial charge in [0.05, 0.1) is 11.4 Å². The van der Waals surface area contributed by atoms with Crippen LogP contribution in [0.4, 0.5) is 5.82 Å². The number of anilines is 1. The van der Waals surface area contributed by atoms with Crippen molar-refractivity contribution in [2.45, 2.75) is 19.9 Å². The highest BCUT2D eigenvalue weighted by atomic mass is 32.1. The van der Waals surface area contributed by atoms with Crippen LogP contribution in [0.2, 0.25) is 0 Å². The molecule has 30 heavy (non-hydrogen) atoms. The van der Waals surface area contributed by atoms with Crippen molar-refractivity contribution in [2.75, 3.05) is 31.1 Å². The first kappa shape index (κ1) is 19.2. The molecule has 4 aromatic rings. The fourth-order valence-electron chi connectivity index (χ4n) is 4.45. The quantitative estimate of drug-likeness (QED) is 0.458. The third-order valence-corrected chi connectivity index (χ3v) is 6.76. The van der Waals surface area contributed by atoms with Gasteiger partial charge in [0.15, 0.2) is 0 Å². The number of hydrogen-bond donors (Lipinski definition) is 0. The largest absolute Gasteiger partial charge is 0.353 e. The molecule has 0 atom stereocenters. The van der Waals surface area contributed by atoms with Crippen molar-refractivity contribution in [3.8, 4) is 0 Å². The van der Waals surface area contributed by atoms with E-state index in [1.165, 1.54) is 21.4 Å². The molecular formula is C25H26N4S. The summed E-state index contributed by atoms with van der Waals surface area (Å²) in [6.07, 6.45) is 0. The minimum Gasteiger partial charge on any atom is -0.353 e. The Morgan fingerprint density at radius 1 is 0.800 bits per heavy atom. The Hall–Kier alpha value is -2.76. The fourth-order valence-corrected chi connectivity index (χ4v) is 5.37. The second kappa shape index (κ2) is 8.17. The van der Waals surface area contributed by atoms with Gasteiger partial charge in [-0.2, -0.15) is 0 Å². The summed E-state index contributed by atoms with van der Waals surface area (Å²) in [7, 11) is 0. The molecular weight excluding hydrogens is 388 g/mol. The lowest BCUT2D eigenvalue weighted by atomic mass is 9.96. The van der Waals surface area contributed by atoms with Gasteiger partial charge < -0.3 is 4.90 Å².